The van der Waals surface area contributed by atoms with Crippen molar-refractivity contribution in [2.45, 2.75) is 11.8 Å². The maximum absolute atomic E-state index is 6.04. The van der Waals surface area contributed by atoms with Crippen LogP contribution in [0.4, 0.5) is 5.69 Å². The smallest absolute Gasteiger partial charge is 0.0314 e. The summed E-state index contributed by atoms with van der Waals surface area (Å²) in [5, 5.41) is 0. The van der Waals surface area contributed by atoms with Crippen LogP contribution in [-0.4, -0.2) is 0 Å². The summed E-state index contributed by atoms with van der Waals surface area (Å²) in [7, 11) is 0. The van der Waals surface area contributed by atoms with Crippen molar-refractivity contribution in [3.05, 3.63) is 184 Å². The third kappa shape index (κ3) is 5.50. The van der Waals surface area contributed by atoms with Crippen molar-refractivity contribution in [3.63, 3.8) is 0 Å². The molecule has 1 atom stereocenters. The number of hydrogen-bond donors (Lipinski definition) is 1. The predicted octanol–water partition coefficient (Wildman–Crippen LogP) is 10.3. The molecule has 0 aliphatic heterocycles. The van der Waals surface area contributed by atoms with E-state index in [-0.39, 0.29) is 11.8 Å². The average Bonchev–Trinajstić information content (AvgIpc) is 3.02. The lowest BCUT2D eigenvalue weighted by Gasteiger charge is -2.30. The molecule has 0 fully saturated rings. The van der Waals surface area contributed by atoms with Crippen molar-refractivity contribution < 1.29 is 0 Å². The first kappa shape index (κ1) is 25.9. The van der Waals surface area contributed by atoms with Crippen LogP contribution in [0.3, 0.4) is 0 Å². The Hall–Kier alpha value is -4.40. The third-order valence-corrected chi connectivity index (χ3v) is 8.12. The number of rotatable bonds is 7. The van der Waals surface area contributed by atoms with Gasteiger partial charge in [-0.15, -0.1) is 0 Å². The Kier molecular flexibility index (Phi) is 7.61. The van der Waals surface area contributed by atoms with Gasteiger partial charge < -0.3 is 5.73 Å². The number of hydrogen-bond acceptors (Lipinski definition) is 1. The van der Waals surface area contributed by atoms with Crippen molar-refractivity contribution in [2.75, 3.05) is 5.73 Å². The van der Waals surface area contributed by atoms with Gasteiger partial charge in [0.15, 0.2) is 0 Å². The molecule has 0 spiro atoms. The molecule has 0 amide bonds. The standard InChI is InChI=1S/C38H30BrN/c39-33-21-16-28(17-22-33)36-26-32(20-25-35(36)27-18-23-34(40)24-19-27)38(31-14-8-3-9-15-31)37(29-10-4-1-5-11-29)30-12-6-2-7-13-30/h1-26,37-38H,40H2. The van der Waals surface area contributed by atoms with Gasteiger partial charge in [0.25, 0.3) is 0 Å². The zero-order valence-electron chi connectivity index (χ0n) is 22.1. The Morgan fingerprint density at radius 1 is 0.400 bits per heavy atom. The lowest BCUT2D eigenvalue weighted by Crippen LogP contribution is -2.15. The van der Waals surface area contributed by atoms with Gasteiger partial charge in [0.05, 0.1) is 0 Å². The Morgan fingerprint density at radius 3 is 1.32 bits per heavy atom. The Morgan fingerprint density at radius 2 is 0.825 bits per heavy atom. The number of anilines is 1. The zero-order valence-corrected chi connectivity index (χ0v) is 23.7. The number of benzene rings is 6. The molecule has 0 heterocycles. The van der Waals surface area contributed by atoms with Crippen LogP contribution in [0, 0.1) is 0 Å². The van der Waals surface area contributed by atoms with Crippen molar-refractivity contribution in [1.82, 2.24) is 0 Å². The fourth-order valence-corrected chi connectivity index (χ4v) is 5.94. The van der Waals surface area contributed by atoms with Crippen molar-refractivity contribution in [3.8, 4) is 22.3 Å². The highest BCUT2D eigenvalue weighted by Crippen LogP contribution is 2.45. The highest BCUT2D eigenvalue weighted by atomic mass is 79.9. The van der Waals surface area contributed by atoms with Crippen LogP contribution >= 0.6 is 15.9 Å². The van der Waals surface area contributed by atoms with E-state index in [0.29, 0.717) is 0 Å². The van der Waals surface area contributed by atoms with Crippen LogP contribution in [0.25, 0.3) is 22.3 Å². The van der Waals surface area contributed by atoms with E-state index < -0.39 is 0 Å². The van der Waals surface area contributed by atoms with Crippen LogP contribution < -0.4 is 5.73 Å². The predicted molar refractivity (Wildman–Crippen MR) is 172 cm³/mol. The lowest BCUT2D eigenvalue weighted by molar-refractivity contribution is 0.694. The fraction of sp³-hybridized carbons (Fsp3) is 0.0526. The maximum atomic E-state index is 6.04. The van der Waals surface area contributed by atoms with E-state index in [2.05, 4.69) is 162 Å². The molecule has 6 aromatic rings. The number of halogens is 1. The summed E-state index contributed by atoms with van der Waals surface area (Å²) in [6, 6.07) is 56.4. The van der Waals surface area contributed by atoms with E-state index in [4.69, 9.17) is 5.73 Å². The molecule has 194 valence electrons. The molecule has 0 saturated heterocycles. The van der Waals surface area contributed by atoms with E-state index in [0.717, 1.165) is 15.7 Å². The quantitative estimate of drug-likeness (QED) is 0.187. The van der Waals surface area contributed by atoms with Crippen molar-refractivity contribution in [1.29, 1.82) is 0 Å². The molecular formula is C38H30BrN. The van der Waals surface area contributed by atoms with Gasteiger partial charge in [-0.05, 0) is 74.8 Å². The van der Waals surface area contributed by atoms with Gasteiger partial charge in [-0.1, -0.05) is 143 Å². The largest absolute Gasteiger partial charge is 0.399 e. The zero-order chi connectivity index (χ0) is 27.3. The van der Waals surface area contributed by atoms with Crippen LogP contribution in [0.15, 0.2) is 162 Å². The van der Waals surface area contributed by atoms with E-state index in [1.165, 1.54) is 38.9 Å². The summed E-state index contributed by atoms with van der Waals surface area (Å²) in [6.07, 6.45) is 0. The summed E-state index contributed by atoms with van der Waals surface area (Å²) in [6.45, 7) is 0. The molecule has 0 saturated carbocycles. The summed E-state index contributed by atoms with van der Waals surface area (Å²) >= 11 is 3.61. The van der Waals surface area contributed by atoms with Gasteiger partial charge in [-0.2, -0.15) is 0 Å². The molecule has 1 unspecified atom stereocenters. The highest BCUT2D eigenvalue weighted by molar-refractivity contribution is 9.10. The second-order valence-electron chi connectivity index (χ2n) is 10.1. The third-order valence-electron chi connectivity index (χ3n) is 7.59. The monoisotopic (exact) mass is 579 g/mol. The molecule has 6 aromatic carbocycles. The first-order chi connectivity index (χ1) is 19.7. The number of nitrogens with two attached hydrogens (primary N) is 1. The molecule has 0 bridgehead atoms. The van der Waals surface area contributed by atoms with Crippen LogP contribution in [0.2, 0.25) is 0 Å². The van der Waals surface area contributed by atoms with Gasteiger partial charge in [0.2, 0.25) is 0 Å². The molecule has 1 nitrogen and oxygen atoms in total. The molecule has 0 aliphatic carbocycles. The van der Waals surface area contributed by atoms with Gasteiger partial charge in [-0.25, -0.2) is 0 Å². The Balaban J connectivity index is 1.59. The molecule has 40 heavy (non-hydrogen) atoms. The van der Waals surface area contributed by atoms with Gasteiger partial charge in [0.1, 0.15) is 0 Å². The normalized spacial score (nSPS) is 11.8. The Bertz CT molecular complexity index is 1640. The Labute approximate surface area is 245 Å². The molecule has 0 aromatic heterocycles. The molecule has 0 aliphatic rings. The molecule has 0 radical (unpaired) electrons. The molecule has 2 heteroatoms. The van der Waals surface area contributed by atoms with Crippen LogP contribution in [-0.2, 0) is 0 Å². The first-order valence-corrected chi connectivity index (χ1v) is 14.4. The van der Waals surface area contributed by atoms with Gasteiger partial charge >= 0.3 is 0 Å². The van der Waals surface area contributed by atoms with Crippen molar-refractivity contribution >= 4 is 21.6 Å². The minimum atomic E-state index is 0.112. The summed E-state index contributed by atoms with van der Waals surface area (Å²) in [5.74, 6) is 0.255. The van der Waals surface area contributed by atoms with Crippen molar-refractivity contribution in [2.24, 2.45) is 0 Å². The minimum Gasteiger partial charge on any atom is -0.399 e. The SMILES string of the molecule is Nc1ccc(-c2ccc(C(c3ccccc3)C(c3ccccc3)c3ccccc3)cc2-c2ccc(Br)cc2)cc1. The van der Waals surface area contributed by atoms with E-state index in [1.54, 1.807) is 0 Å². The van der Waals surface area contributed by atoms with Crippen LogP contribution in [0.1, 0.15) is 34.1 Å². The highest BCUT2D eigenvalue weighted by Gasteiger charge is 2.29. The summed E-state index contributed by atoms with van der Waals surface area (Å²) in [4.78, 5) is 0. The lowest BCUT2D eigenvalue weighted by atomic mass is 9.73. The van der Waals surface area contributed by atoms with E-state index in [1.807, 2.05) is 12.1 Å². The molecule has 2 N–H and O–H groups in total. The first-order valence-electron chi connectivity index (χ1n) is 13.6. The van der Waals surface area contributed by atoms with Crippen LogP contribution in [0.5, 0.6) is 0 Å². The van der Waals surface area contributed by atoms with E-state index >= 15 is 0 Å². The summed E-state index contributed by atoms with van der Waals surface area (Å²) < 4.78 is 1.07. The van der Waals surface area contributed by atoms with Gasteiger partial charge in [0, 0.05) is 22.0 Å². The minimum absolute atomic E-state index is 0.112. The maximum Gasteiger partial charge on any atom is 0.0314 e. The fourth-order valence-electron chi connectivity index (χ4n) is 5.67. The molecular weight excluding hydrogens is 550 g/mol. The topological polar surface area (TPSA) is 26.0 Å². The summed E-state index contributed by atoms with van der Waals surface area (Å²) in [5.41, 5.74) is 16.7. The average molecular weight is 581 g/mol. The number of nitrogen functional groups attached to an aromatic ring is 1. The van der Waals surface area contributed by atoms with Gasteiger partial charge in [-0.3, -0.25) is 0 Å². The second kappa shape index (κ2) is 11.8. The van der Waals surface area contributed by atoms with E-state index in [9.17, 15) is 0 Å². The second-order valence-corrected chi connectivity index (χ2v) is 11.0. The molecule has 6 rings (SSSR count).